The third kappa shape index (κ3) is 2.40. The topological polar surface area (TPSA) is 59.2 Å². The van der Waals surface area contributed by atoms with E-state index >= 15 is 0 Å². The summed E-state index contributed by atoms with van der Waals surface area (Å²) in [5.74, 6) is 0.708. The third-order valence-electron chi connectivity index (χ3n) is 2.85. The van der Waals surface area contributed by atoms with Crippen molar-refractivity contribution >= 4 is 5.91 Å². The summed E-state index contributed by atoms with van der Waals surface area (Å²) in [5.41, 5.74) is 2.40. The van der Waals surface area contributed by atoms with Gasteiger partial charge in [0.2, 0.25) is 0 Å². The molecule has 0 atom stereocenters. The van der Waals surface area contributed by atoms with Crippen molar-refractivity contribution in [3.8, 4) is 0 Å². The first-order valence-corrected chi connectivity index (χ1v) is 5.67. The number of carbonyl (C=O) groups excluding carboxylic acids is 1. The van der Waals surface area contributed by atoms with Crippen LogP contribution in [0.25, 0.3) is 0 Å². The summed E-state index contributed by atoms with van der Waals surface area (Å²) in [7, 11) is 1.76. The number of aromatic nitrogens is 2. The third-order valence-corrected chi connectivity index (χ3v) is 2.85. The predicted molar refractivity (Wildman–Crippen MR) is 66.0 cm³/mol. The van der Waals surface area contributed by atoms with Gasteiger partial charge in [-0.15, -0.1) is 0 Å². The standard InChI is InChI=1S/C13H15N3O2/c1-9-12(10(2)18-15-9)8-16(3)13(17)11-4-6-14-7-5-11/h4-7H,8H2,1-3H3. The summed E-state index contributed by atoms with van der Waals surface area (Å²) in [5, 5.41) is 3.88. The van der Waals surface area contributed by atoms with Crippen LogP contribution in [0.1, 0.15) is 27.4 Å². The molecule has 0 aliphatic rings. The van der Waals surface area contributed by atoms with Gasteiger partial charge in [-0.3, -0.25) is 9.78 Å². The van der Waals surface area contributed by atoms with Gasteiger partial charge in [0.15, 0.2) is 0 Å². The maximum Gasteiger partial charge on any atom is 0.254 e. The molecule has 0 fully saturated rings. The Balaban J connectivity index is 2.14. The molecule has 2 aromatic heterocycles. The van der Waals surface area contributed by atoms with Crippen LogP contribution in [0.5, 0.6) is 0 Å². The fourth-order valence-corrected chi connectivity index (χ4v) is 1.75. The van der Waals surface area contributed by atoms with E-state index in [0.29, 0.717) is 12.1 Å². The van der Waals surface area contributed by atoms with Crippen LogP contribution in [0.3, 0.4) is 0 Å². The van der Waals surface area contributed by atoms with Crippen molar-refractivity contribution in [1.82, 2.24) is 15.0 Å². The molecule has 0 aliphatic heterocycles. The van der Waals surface area contributed by atoms with Gasteiger partial charge in [0.1, 0.15) is 5.76 Å². The van der Waals surface area contributed by atoms with Crippen LogP contribution in [-0.2, 0) is 6.54 Å². The Bertz CT molecular complexity index is 529. The second-order valence-corrected chi connectivity index (χ2v) is 4.20. The molecule has 0 radical (unpaired) electrons. The van der Waals surface area contributed by atoms with Gasteiger partial charge in [0.25, 0.3) is 5.91 Å². The largest absolute Gasteiger partial charge is 0.361 e. The van der Waals surface area contributed by atoms with Crippen LogP contribution >= 0.6 is 0 Å². The summed E-state index contributed by atoms with van der Waals surface area (Å²) in [4.78, 5) is 17.7. The quantitative estimate of drug-likeness (QED) is 0.829. The van der Waals surface area contributed by atoms with Crippen molar-refractivity contribution in [3.63, 3.8) is 0 Å². The number of carbonyl (C=O) groups is 1. The molecule has 2 aromatic rings. The highest BCUT2D eigenvalue weighted by Crippen LogP contribution is 2.15. The first-order valence-electron chi connectivity index (χ1n) is 5.67. The molecule has 0 aliphatic carbocycles. The Morgan fingerprint density at radius 2 is 2.00 bits per heavy atom. The van der Waals surface area contributed by atoms with E-state index in [9.17, 15) is 4.79 Å². The van der Waals surface area contributed by atoms with Crippen LogP contribution in [0.4, 0.5) is 0 Å². The molecule has 0 aromatic carbocycles. The zero-order valence-corrected chi connectivity index (χ0v) is 10.7. The van der Waals surface area contributed by atoms with Crippen LogP contribution in [0.15, 0.2) is 29.0 Å². The Kier molecular flexibility index (Phi) is 3.41. The second kappa shape index (κ2) is 5.00. The average molecular weight is 245 g/mol. The second-order valence-electron chi connectivity index (χ2n) is 4.20. The molecule has 1 amide bonds. The number of hydrogen-bond acceptors (Lipinski definition) is 4. The molecule has 0 bridgehead atoms. The number of rotatable bonds is 3. The highest BCUT2D eigenvalue weighted by molar-refractivity contribution is 5.93. The van der Waals surface area contributed by atoms with Gasteiger partial charge < -0.3 is 9.42 Å². The van der Waals surface area contributed by atoms with Crippen molar-refractivity contribution in [2.45, 2.75) is 20.4 Å². The highest BCUT2D eigenvalue weighted by atomic mass is 16.5. The molecule has 18 heavy (non-hydrogen) atoms. The molecule has 2 rings (SSSR count). The van der Waals surface area contributed by atoms with E-state index in [0.717, 1.165) is 17.0 Å². The monoisotopic (exact) mass is 245 g/mol. The first kappa shape index (κ1) is 12.3. The smallest absolute Gasteiger partial charge is 0.254 e. The maximum absolute atomic E-state index is 12.1. The fraction of sp³-hybridized carbons (Fsp3) is 0.308. The van der Waals surface area contributed by atoms with Crippen LogP contribution in [0, 0.1) is 13.8 Å². The molecule has 5 heteroatoms. The minimum Gasteiger partial charge on any atom is -0.361 e. The minimum atomic E-state index is -0.0441. The van der Waals surface area contributed by atoms with Gasteiger partial charge in [-0.1, -0.05) is 5.16 Å². The Hall–Kier alpha value is -2.17. The van der Waals surface area contributed by atoms with E-state index < -0.39 is 0 Å². The maximum atomic E-state index is 12.1. The Morgan fingerprint density at radius 3 is 2.56 bits per heavy atom. The summed E-state index contributed by atoms with van der Waals surface area (Å²) in [6.07, 6.45) is 3.22. The van der Waals surface area contributed by atoms with Gasteiger partial charge in [-0.05, 0) is 26.0 Å². The first-order chi connectivity index (χ1) is 8.59. The number of pyridine rings is 1. The van der Waals surface area contributed by atoms with Gasteiger partial charge in [-0.2, -0.15) is 0 Å². The van der Waals surface area contributed by atoms with Crippen molar-refractivity contribution in [2.75, 3.05) is 7.05 Å². The SMILES string of the molecule is Cc1noc(C)c1CN(C)C(=O)c1ccncc1. The molecule has 0 unspecified atom stereocenters. The zero-order chi connectivity index (χ0) is 13.1. The van der Waals surface area contributed by atoms with Crippen molar-refractivity contribution in [1.29, 1.82) is 0 Å². The zero-order valence-electron chi connectivity index (χ0n) is 10.7. The van der Waals surface area contributed by atoms with Crippen molar-refractivity contribution < 1.29 is 9.32 Å². The number of aryl methyl sites for hydroxylation is 2. The van der Waals surface area contributed by atoms with Gasteiger partial charge in [0.05, 0.1) is 12.2 Å². The van der Waals surface area contributed by atoms with Gasteiger partial charge in [0, 0.05) is 30.6 Å². The molecule has 0 N–H and O–H groups in total. The molecule has 94 valence electrons. The summed E-state index contributed by atoms with van der Waals surface area (Å²) >= 11 is 0. The molecule has 0 spiro atoms. The molecular weight excluding hydrogens is 230 g/mol. The number of hydrogen-bond donors (Lipinski definition) is 0. The van der Waals surface area contributed by atoms with E-state index in [1.54, 1.807) is 36.5 Å². The normalized spacial score (nSPS) is 10.4. The van der Waals surface area contributed by atoms with E-state index in [1.165, 1.54) is 0 Å². The van der Waals surface area contributed by atoms with E-state index in [1.807, 2.05) is 13.8 Å². The lowest BCUT2D eigenvalue weighted by molar-refractivity contribution is 0.0784. The van der Waals surface area contributed by atoms with E-state index in [2.05, 4.69) is 10.1 Å². The molecule has 0 saturated heterocycles. The van der Waals surface area contributed by atoms with Crippen LogP contribution in [-0.4, -0.2) is 28.0 Å². The van der Waals surface area contributed by atoms with E-state index in [4.69, 9.17) is 4.52 Å². The lowest BCUT2D eigenvalue weighted by Gasteiger charge is -2.16. The summed E-state index contributed by atoms with van der Waals surface area (Å²) in [6.45, 7) is 4.21. The molecule has 0 saturated carbocycles. The number of amides is 1. The molecule has 5 nitrogen and oxygen atoms in total. The Morgan fingerprint density at radius 1 is 1.33 bits per heavy atom. The molecule has 2 heterocycles. The summed E-state index contributed by atoms with van der Waals surface area (Å²) in [6, 6.07) is 3.40. The van der Waals surface area contributed by atoms with Gasteiger partial charge >= 0.3 is 0 Å². The summed E-state index contributed by atoms with van der Waals surface area (Å²) < 4.78 is 5.08. The van der Waals surface area contributed by atoms with Gasteiger partial charge in [-0.25, -0.2) is 0 Å². The lowest BCUT2D eigenvalue weighted by atomic mass is 10.2. The average Bonchev–Trinajstić information content (AvgIpc) is 2.70. The van der Waals surface area contributed by atoms with Crippen LogP contribution < -0.4 is 0 Å². The molecular formula is C13H15N3O2. The minimum absolute atomic E-state index is 0.0441. The van der Waals surface area contributed by atoms with Crippen LogP contribution in [0.2, 0.25) is 0 Å². The Labute approximate surface area is 105 Å². The highest BCUT2D eigenvalue weighted by Gasteiger charge is 2.16. The lowest BCUT2D eigenvalue weighted by Crippen LogP contribution is -2.26. The predicted octanol–water partition coefficient (Wildman–Crippen LogP) is 1.96. The van der Waals surface area contributed by atoms with Crippen molar-refractivity contribution in [2.24, 2.45) is 0 Å². The van der Waals surface area contributed by atoms with E-state index in [-0.39, 0.29) is 5.91 Å². The fourth-order valence-electron chi connectivity index (χ4n) is 1.75. The number of nitrogens with zero attached hydrogens (tertiary/aromatic N) is 3. The van der Waals surface area contributed by atoms with Crippen molar-refractivity contribution in [3.05, 3.63) is 47.1 Å².